The van der Waals surface area contributed by atoms with Crippen LogP contribution in [0.2, 0.25) is 18.6 Å². The minimum absolute atomic E-state index is 0.0964. The monoisotopic (exact) mass is 714 g/mol. The Balaban J connectivity index is 1.20. The first-order chi connectivity index (χ1) is 24.4. The van der Waals surface area contributed by atoms with Gasteiger partial charge in [0.1, 0.15) is 6.61 Å². The van der Waals surface area contributed by atoms with E-state index < -0.39 is 48.5 Å². The van der Waals surface area contributed by atoms with Crippen LogP contribution in [-0.2, 0) is 33.0 Å². The Morgan fingerprint density at radius 1 is 1.12 bits per heavy atom. The first-order valence-corrected chi connectivity index (χ1v) is 19.9. The van der Waals surface area contributed by atoms with Crippen LogP contribution in [0.5, 0.6) is 0 Å². The minimum Gasteiger partial charge on any atom is -0.447 e. The van der Waals surface area contributed by atoms with Crippen LogP contribution in [0.4, 0.5) is 26.0 Å². The number of hydrogen-bond donors (Lipinski definition) is 1. The number of nitro benzene ring substituents is 1. The van der Waals surface area contributed by atoms with Gasteiger partial charge in [0, 0.05) is 47.6 Å². The molecule has 1 aromatic heterocycles. The molecule has 0 bridgehead atoms. The van der Waals surface area contributed by atoms with Crippen LogP contribution in [-0.4, -0.2) is 71.3 Å². The molecule has 0 radical (unpaired) electrons. The number of hydrogen-bond acceptors (Lipinski definition) is 9. The fourth-order valence-corrected chi connectivity index (χ4v) is 10.6. The van der Waals surface area contributed by atoms with Gasteiger partial charge in [-0.1, -0.05) is 54.6 Å². The van der Waals surface area contributed by atoms with Gasteiger partial charge in [0.25, 0.3) is 11.6 Å². The largest absolute Gasteiger partial charge is 0.447 e. The van der Waals surface area contributed by atoms with Crippen molar-refractivity contribution in [3.8, 4) is 0 Å². The van der Waals surface area contributed by atoms with Crippen LogP contribution in [0.3, 0.4) is 0 Å². The van der Waals surface area contributed by atoms with E-state index in [2.05, 4.69) is 10.3 Å². The van der Waals surface area contributed by atoms with E-state index in [4.69, 9.17) is 9.47 Å². The summed E-state index contributed by atoms with van der Waals surface area (Å²) in [6.07, 6.45) is 0.908. The standard InChI is InChI=1S/C36H39FN6O7Si/c1-23-33(51(2,3)37)32(14-15-40-21-30(38-39-40)28(22-44)25-9-5-4-6-10-25)50-36(23)29-19-27(43(47)48)12-13-31(29)42(34(36)45)20-24-8-7-11-26(18-24)41-16-17-49-35(41)46/h4-13,18-19,21,23,28,32-33,44H,14-17,20,22H2,1-3H3/t23-,28?,32+,33-,36+/m0/s1. The third kappa shape index (κ3) is 6.08. The summed E-state index contributed by atoms with van der Waals surface area (Å²) in [6, 6.07) is 21.0. The second-order valence-corrected chi connectivity index (χ2v) is 17.7. The van der Waals surface area contributed by atoms with Gasteiger partial charge in [-0.25, -0.2) is 4.79 Å². The molecule has 2 fully saturated rings. The molecule has 7 rings (SSSR count). The average molecular weight is 715 g/mol. The Bertz CT molecular complexity index is 1970. The van der Waals surface area contributed by atoms with Gasteiger partial charge in [0.2, 0.25) is 8.41 Å². The Morgan fingerprint density at radius 3 is 2.59 bits per heavy atom. The Kier molecular flexibility index (Phi) is 8.97. The highest BCUT2D eigenvalue weighted by atomic mass is 28.4. The van der Waals surface area contributed by atoms with Gasteiger partial charge in [0.05, 0.1) is 48.0 Å². The minimum atomic E-state index is -3.51. The van der Waals surface area contributed by atoms with Crippen LogP contribution in [0.25, 0.3) is 0 Å². The lowest BCUT2D eigenvalue weighted by Crippen LogP contribution is -2.45. The lowest BCUT2D eigenvalue weighted by atomic mass is 9.82. The van der Waals surface area contributed by atoms with E-state index in [9.17, 15) is 24.8 Å². The van der Waals surface area contributed by atoms with Crippen molar-refractivity contribution in [2.75, 3.05) is 29.6 Å². The molecule has 1 N–H and O–H groups in total. The number of cyclic esters (lactones) is 1. The number of aromatic nitrogens is 3. The maximum absolute atomic E-state index is 16.4. The fourth-order valence-electron chi connectivity index (χ4n) is 8.11. The Labute approximate surface area is 294 Å². The zero-order valence-electron chi connectivity index (χ0n) is 28.5. The number of non-ortho nitro benzene ring substituents is 1. The number of aliphatic hydroxyl groups excluding tert-OH is 1. The number of carbonyl (C=O) groups excluding carboxylic acids is 2. The second kappa shape index (κ2) is 13.3. The zero-order valence-corrected chi connectivity index (χ0v) is 29.5. The van der Waals surface area contributed by atoms with Crippen molar-refractivity contribution in [2.45, 2.75) is 62.7 Å². The summed E-state index contributed by atoms with van der Waals surface area (Å²) in [5.74, 6) is -1.43. The number of aryl methyl sites for hydroxylation is 1. The van der Waals surface area contributed by atoms with Crippen molar-refractivity contribution in [3.05, 3.63) is 111 Å². The van der Waals surface area contributed by atoms with Gasteiger partial charge in [-0.05, 0) is 48.8 Å². The zero-order chi connectivity index (χ0) is 36.1. The number of rotatable bonds is 11. The van der Waals surface area contributed by atoms with Gasteiger partial charge in [-0.2, -0.15) is 0 Å². The molecule has 0 saturated carbocycles. The number of anilines is 2. The third-order valence-electron chi connectivity index (χ3n) is 10.4. The summed E-state index contributed by atoms with van der Waals surface area (Å²) in [5.41, 5.74) is 1.15. The molecule has 3 aromatic carbocycles. The maximum atomic E-state index is 16.4. The Morgan fingerprint density at radius 2 is 1.90 bits per heavy atom. The fraction of sp³-hybridized carbons (Fsp3) is 0.389. The highest BCUT2D eigenvalue weighted by Gasteiger charge is 2.67. The number of fused-ring (bicyclic) bond motifs is 2. The molecule has 13 nitrogen and oxygen atoms in total. The van der Waals surface area contributed by atoms with Crippen molar-refractivity contribution in [1.29, 1.82) is 0 Å². The van der Waals surface area contributed by atoms with Gasteiger partial charge >= 0.3 is 6.09 Å². The topological polar surface area (TPSA) is 153 Å². The third-order valence-corrected chi connectivity index (χ3v) is 12.9. The van der Waals surface area contributed by atoms with Crippen LogP contribution < -0.4 is 9.80 Å². The van der Waals surface area contributed by atoms with E-state index in [-0.39, 0.29) is 31.4 Å². The molecule has 3 aliphatic heterocycles. The lowest BCUT2D eigenvalue weighted by molar-refractivity contribution is -0.385. The second-order valence-electron chi connectivity index (χ2n) is 13.9. The molecule has 51 heavy (non-hydrogen) atoms. The van der Waals surface area contributed by atoms with Gasteiger partial charge in [-0.15, -0.1) is 5.10 Å². The van der Waals surface area contributed by atoms with Crippen LogP contribution in [0.1, 0.15) is 41.6 Å². The van der Waals surface area contributed by atoms with Crippen molar-refractivity contribution < 1.29 is 33.2 Å². The molecule has 2 saturated heterocycles. The van der Waals surface area contributed by atoms with Crippen LogP contribution >= 0.6 is 0 Å². The molecule has 1 unspecified atom stereocenters. The van der Waals surface area contributed by atoms with Crippen molar-refractivity contribution in [1.82, 2.24) is 15.0 Å². The van der Waals surface area contributed by atoms with Gasteiger partial charge < -0.3 is 23.6 Å². The van der Waals surface area contributed by atoms with Crippen LogP contribution in [0.15, 0.2) is 79.0 Å². The molecule has 1 spiro atoms. The summed E-state index contributed by atoms with van der Waals surface area (Å²) in [6.45, 7) is 5.94. The first-order valence-electron chi connectivity index (χ1n) is 17.0. The van der Waals surface area contributed by atoms with Crippen molar-refractivity contribution in [3.63, 3.8) is 0 Å². The van der Waals surface area contributed by atoms with Crippen molar-refractivity contribution >= 4 is 37.5 Å². The molecule has 266 valence electrons. The number of nitrogens with zero attached hydrogens (tertiary/aromatic N) is 6. The predicted octanol–water partition coefficient (Wildman–Crippen LogP) is 5.68. The molecule has 2 amide bonds. The molecular weight excluding hydrogens is 676 g/mol. The highest BCUT2D eigenvalue weighted by Crippen LogP contribution is 2.60. The van der Waals surface area contributed by atoms with E-state index in [0.29, 0.717) is 42.1 Å². The van der Waals surface area contributed by atoms with E-state index in [0.717, 1.165) is 11.1 Å². The average Bonchev–Trinajstić information content (AvgIpc) is 3.87. The first kappa shape index (κ1) is 34.5. The molecule has 0 aliphatic carbocycles. The number of ether oxygens (including phenoxy) is 2. The van der Waals surface area contributed by atoms with Gasteiger partial charge in [0.15, 0.2) is 5.60 Å². The van der Waals surface area contributed by atoms with Gasteiger partial charge in [-0.3, -0.25) is 24.5 Å². The number of halogens is 1. The molecule has 15 heteroatoms. The maximum Gasteiger partial charge on any atom is 0.414 e. The van der Waals surface area contributed by atoms with Crippen molar-refractivity contribution in [2.24, 2.45) is 5.92 Å². The number of nitro groups is 1. The molecule has 4 aromatic rings. The number of benzene rings is 3. The van der Waals surface area contributed by atoms with E-state index in [1.54, 1.807) is 47.1 Å². The number of carbonyl (C=O) groups is 2. The SMILES string of the molecule is C[C@H]1[C@H]([Si](C)(C)F)[C@@H](CCn2cc(C(CO)c3ccccc3)nn2)O[C@]12C(=O)N(Cc1cccc(N3CCOC3=O)c1)c1ccc([N+](=O)[O-])cc12. The summed E-state index contributed by atoms with van der Waals surface area (Å²) < 4.78 is 29.9. The quantitative estimate of drug-likeness (QED) is 0.0895. The number of aliphatic hydroxyl groups is 1. The van der Waals surface area contributed by atoms with E-state index >= 15 is 4.11 Å². The lowest BCUT2D eigenvalue weighted by Gasteiger charge is -2.31. The molecular formula is C36H39FN6O7Si. The summed E-state index contributed by atoms with van der Waals surface area (Å²) in [4.78, 5) is 41.6. The Hall–Kier alpha value is -4.99. The van der Waals surface area contributed by atoms with Crippen LogP contribution in [0, 0.1) is 16.0 Å². The summed E-state index contributed by atoms with van der Waals surface area (Å²) >= 11 is 0. The highest BCUT2D eigenvalue weighted by molar-refractivity contribution is 6.72. The summed E-state index contributed by atoms with van der Waals surface area (Å²) in [7, 11) is -3.51. The smallest absolute Gasteiger partial charge is 0.414 e. The number of amides is 2. The molecule has 5 atom stereocenters. The summed E-state index contributed by atoms with van der Waals surface area (Å²) in [5, 5.41) is 30.7. The predicted molar refractivity (Wildman–Crippen MR) is 187 cm³/mol. The van der Waals surface area contributed by atoms with E-state index in [1.165, 1.54) is 17.0 Å². The van der Waals surface area contributed by atoms with E-state index in [1.807, 2.05) is 49.4 Å². The molecule has 4 heterocycles. The molecule has 3 aliphatic rings. The normalized spacial score (nSPS) is 23.6.